The summed E-state index contributed by atoms with van der Waals surface area (Å²) in [4.78, 5) is 10.6. The van der Waals surface area contributed by atoms with Gasteiger partial charge in [-0.05, 0) is 35.4 Å². The number of aliphatic carboxylic acids is 1. The first-order valence-corrected chi connectivity index (χ1v) is 5.36. The zero-order valence-electron chi connectivity index (χ0n) is 9.43. The third kappa shape index (κ3) is 2.66. The standard InChI is InChI=1S/C14H11FO3/c15-13-5-4-9(7-14(17)18)6-12(13)10-2-1-3-11(16)8-10/h1-6,8,16H,7H2,(H,17,18). The number of aromatic hydroxyl groups is 1. The summed E-state index contributed by atoms with van der Waals surface area (Å²) < 4.78 is 13.7. The van der Waals surface area contributed by atoms with Gasteiger partial charge in [0.05, 0.1) is 6.42 Å². The molecule has 18 heavy (non-hydrogen) atoms. The molecule has 0 aliphatic carbocycles. The number of phenols is 1. The fourth-order valence-electron chi connectivity index (χ4n) is 1.75. The van der Waals surface area contributed by atoms with E-state index in [1.165, 1.54) is 30.3 Å². The first kappa shape index (κ1) is 12.1. The minimum atomic E-state index is -0.969. The molecule has 0 aliphatic rings. The van der Waals surface area contributed by atoms with Crippen LogP contribution in [0.25, 0.3) is 11.1 Å². The second-order valence-electron chi connectivity index (χ2n) is 3.94. The van der Waals surface area contributed by atoms with E-state index in [9.17, 15) is 14.3 Å². The minimum Gasteiger partial charge on any atom is -0.508 e. The molecule has 0 saturated carbocycles. The van der Waals surface area contributed by atoms with Crippen LogP contribution in [0.4, 0.5) is 4.39 Å². The van der Waals surface area contributed by atoms with Gasteiger partial charge >= 0.3 is 5.97 Å². The molecule has 4 heteroatoms. The molecule has 0 aliphatic heterocycles. The molecule has 0 unspecified atom stereocenters. The first-order chi connectivity index (χ1) is 8.56. The predicted octanol–water partition coefficient (Wildman–Crippen LogP) is 2.83. The van der Waals surface area contributed by atoms with Crippen LogP contribution < -0.4 is 0 Å². The molecule has 0 saturated heterocycles. The van der Waals surface area contributed by atoms with Crippen molar-refractivity contribution in [3.63, 3.8) is 0 Å². The zero-order chi connectivity index (χ0) is 13.1. The summed E-state index contributed by atoms with van der Waals surface area (Å²) in [6, 6.07) is 10.3. The minimum absolute atomic E-state index is 0.0375. The van der Waals surface area contributed by atoms with Gasteiger partial charge in [0.15, 0.2) is 0 Å². The Kier molecular flexibility index (Phi) is 3.28. The molecule has 3 nitrogen and oxygen atoms in total. The Balaban J connectivity index is 2.46. The fourth-order valence-corrected chi connectivity index (χ4v) is 1.75. The highest BCUT2D eigenvalue weighted by molar-refractivity contribution is 5.72. The summed E-state index contributed by atoms with van der Waals surface area (Å²) in [5.74, 6) is -1.38. The molecule has 0 amide bonds. The second kappa shape index (κ2) is 4.87. The lowest BCUT2D eigenvalue weighted by Crippen LogP contribution is -2.00. The molecular formula is C14H11FO3. The maximum atomic E-state index is 13.7. The summed E-state index contributed by atoms with van der Waals surface area (Å²) >= 11 is 0. The Hall–Kier alpha value is -2.36. The van der Waals surface area contributed by atoms with Crippen molar-refractivity contribution in [1.82, 2.24) is 0 Å². The van der Waals surface area contributed by atoms with Crippen LogP contribution in [0, 0.1) is 5.82 Å². The Bertz CT molecular complexity index is 593. The highest BCUT2D eigenvalue weighted by Gasteiger charge is 2.08. The number of carbonyl (C=O) groups is 1. The molecule has 92 valence electrons. The molecule has 0 bridgehead atoms. The van der Waals surface area contributed by atoms with Crippen LogP contribution in [-0.2, 0) is 11.2 Å². The topological polar surface area (TPSA) is 57.5 Å². The summed E-state index contributed by atoms with van der Waals surface area (Å²) in [5.41, 5.74) is 1.31. The van der Waals surface area contributed by atoms with Gasteiger partial charge in [0.25, 0.3) is 0 Å². The van der Waals surface area contributed by atoms with Gasteiger partial charge in [-0.15, -0.1) is 0 Å². The third-order valence-corrected chi connectivity index (χ3v) is 2.54. The summed E-state index contributed by atoms with van der Waals surface area (Å²) in [5, 5.41) is 18.1. The Morgan fingerprint density at radius 2 is 1.94 bits per heavy atom. The molecule has 0 heterocycles. The van der Waals surface area contributed by atoms with Crippen molar-refractivity contribution in [2.45, 2.75) is 6.42 Å². The van der Waals surface area contributed by atoms with Crippen molar-refractivity contribution in [3.05, 3.63) is 53.8 Å². The summed E-state index contributed by atoms with van der Waals surface area (Å²) in [6.07, 6.45) is -0.161. The van der Waals surface area contributed by atoms with Crippen molar-refractivity contribution in [2.75, 3.05) is 0 Å². The molecular weight excluding hydrogens is 235 g/mol. The normalized spacial score (nSPS) is 10.3. The molecule has 0 aromatic heterocycles. The van der Waals surface area contributed by atoms with E-state index < -0.39 is 11.8 Å². The Morgan fingerprint density at radius 3 is 2.61 bits per heavy atom. The highest BCUT2D eigenvalue weighted by Crippen LogP contribution is 2.26. The van der Waals surface area contributed by atoms with Crippen molar-refractivity contribution in [1.29, 1.82) is 0 Å². The van der Waals surface area contributed by atoms with E-state index in [2.05, 4.69) is 0 Å². The monoisotopic (exact) mass is 246 g/mol. The second-order valence-corrected chi connectivity index (χ2v) is 3.94. The molecule has 2 aromatic rings. The van der Waals surface area contributed by atoms with Crippen molar-refractivity contribution < 1.29 is 19.4 Å². The lowest BCUT2D eigenvalue weighted by Gasteiger charge is -2.06. The van der Waals surface area contributed by atoms with Crippen LogP contribution in [0.3, 0.4) is 0 Å². The van der Waals surface area contributed by atoms with Gasteiger partial charge in [0, 0.05) is 5.56 Å². The lowest BCUT2D eigenvalue weighted by molar-refractivity contribution is -0.136. The first-order valence-electron chi connectivity index (χ1n) is 5.36. The molecule has 0 atom stereocenters. The fraction of sp³-hybridized carbons (Fsp3) is 0.0714. The van der Waals surface area contributed by atoms with Gasteiger partial charge < -0.3 is 10.2 Å². The van der Waals surface area contributed by atoms with E-state index in [0.717, 1.165) is 0 Å². The largest absolute Gasteiger partial charge is 0.508 e. The van der Waals surface area contributed by atoms with Crippen LogP contribution in [0.1, 0.15) is 5.56 Å². The predicted molar refractivity (Wildman–Crippen MR) is 64.8 cm³/mol. The van der Waals surface area contributed by atoms with Crippen LogP contribution in [-0.4, -0.2) is 16.2 Å². The number of carboxylic acid groups (broad SMARTS) is 1. The molecule has 2 N–H and O–H groups in total. The quantitative estimate of drug-likeness (QED) is 0.875. The molecule has 2 aromatic carbocycles. The van der Waals surface area contributed by atoms with Crippen LogP contribution in [0.15, 0.2) is 42.5 Å². The zero-order valence-corrected chi connectivity index (χ0v) is 9.43. The van der Waals surface area contributed by atoms with Crippen LogP contribution in [0.2, 0.25) is 0 Å². The van der Waals surface area contributed by atoms with Gasteiger partial charge in [-0.3, -0.25) is 4.79 Å². The van der Waals surface area contributed by atoms with E-state index >= 15 is 0 Å². The lowest BCUT2D eigenvalue weighted by atomic mass is 10.0. The average Bonchev–Trinajstić information content (AvgIpc) is 2.31. The molecule has 0 spiro atoms. The number of phenolic OH excluding ortho intramolecular Hbond substituents is 1. The van der Waals surface area contributed by atoms with Gasteiger partial charge in [0.2, 0.25) is 0 Å². The number of hydrogen-bond acceptors (Lipinski definition) is 2. The van der Waals surface area contributed by atoms with Gasteiger partial charge in [-0.2, -0.15) is 0 Å². The summed E-state index contributed by atoms with van der Waals surface area (Å²) in [7, 11) is 0. The van der Waals surface area contributed by atoms with Gasteiger partial charge in [-0.25, -0.2) is 4.39 Å². The van der Waals surface area contributed by atoms with Gasteiger partial charge in [0.1, 0.15) is 11.6 Å². The summed E-state index contributed by atoms with van der Waals surface area (Å²) in [6.45, 7) is 0. The number of benzene rings is 2. The van der Waals surface area contributed by atoms with Gasteiger partial charge in [-0.1, -0.05) is 18.2 Å². The third-order valence-electron chi connectivity index (χ3n) is 2.54. The van der Waals surface area contributed by atoms with E-state index in [0.29, 0.717) is 11.1 Å². The van der Waals surface area contributed by atoms with E-state index in [-0.39, 0.29) is 17.7 Å². The number of halogens is 1. The van der Waals surface area contributed by atoms with E-state index in [4.69, 9.17) is 5.11 Å². The van der Waals surface area contributed by atoms with Crippen molar-refractivity contribution in [3.8, 4) is 16.9 Å². The van der Waals surface area contributed by atoms with Crippen LogP contribution >= 0.6 is 0 Å². The average molecular weight is 246 g/mol. The SMILES string of the molecule is O=C(O)Cc1ccc(F)c(-c2cccc(O)c2)c1. The number of carboxylic acids is 1. The maximum Gasteiger partial charge on any atom is 0.307 e. The Morgan fingerprint density at radius 1 is 1.17 bits per heavy atom. The number of hydrogen-bond donors (Lipinski definition) is 2. The molecule has 0 radical (unpaired) electrons. The molecule has 2 rings (SSSR count). The smallest absolute Gasteiger partial charge is 0.307 e. The Labute approximate surface area is 103 Å². The maximum absolute atomic E-state index is 13.7. The van der Waals surface area contributed by atoms with Crippen LogP contribution in [0.5, 0.6) is 5.75 Å². The van der Waals surface area contributed by atoms with E-state index in [1.54, 1.807) is 12.1 Å². The van der Waals surface area contributed by atoms with Crippen molar-refractivity contribution >= 4 is 5.97 Å². The van der Waals surface area contributed by atoms with E-state index in [1.807, 2.05) is 0 Å². The van der Waals surface area contributed by atoms with Crippen molar-refractivity contribution in [2.24, 2.45) is 0 Å². The molecule has 0 fully saturated rings. The highest BCUT2D eigenvalue weighted by atomic mass is 19.1. The number of rotatable bonds is 3.